The molecule has 0 aliphatic rings. The zero-order valence-electron chi connectivity index (χ0n) is 8.70. The molecule has 1 N–H and O–H groups in total. The van der Waals surface area contributed by atoms with Gasteiger partial charge in [-0.2, -0.15) is 5.10 Å². The summed E-state index contributed by atoms with van der Waals surface area (Å²) in [6, 6.07) is 0. The van der Waals surface area contributed by atoms with E-state index < -0.39 is 0 Å². The summed E-state index contributed by atoms with van der Waals surface area (Å²) in [4.78, 5) is 10.8. The summed E-state index contributed by atoms with van der Waals surface area (Å²) in [7, 11) is 3.25. The van der Waals surface area contributed by atoms with Crippen molar-refractivity contribution in [3.8, 4) is 0 Å². The topological polar surface area (TPSA) is 56.1 Å². The zero-order valence-corrected chi connectivity index (χ0v) is 8.70. The number of nitrogens with zero attached hydrogens (tertiary/aromatic N) is 2. The number of rotatable bonds is 4. The van der Waals surface area contributed by atoms with Gasteiger partial charge in [0.05, 0.1) is 24.9 Å². The van der Waals surface area contributed by atoms with Gasteiger partial charge in [0.1, 0.15) is 0 Å². The van der Waals surface area contributed by atoms with E-state index >= 15 is 0 Å². The van der Waals surface area contributed by atoms with Crippen molar-refractivity contribution >= 4 is 11.7 Å². The molecular weight excluding hydrogens is 182 g/mol. The molecule has 0 spiro atoms. The normalized spacial score (nSPS) is 9.93. The predicted octanol–water partition coefficient (Wildman–Crippen LogP) is 0.704. The zero-order chi connectivity index (χ0) is 10.6. The van der Waals surface area contributed by atoms with Crippen LogP contribution in [-0.4, -0.2) is 29.4 Å². The van der Waals surface area contributed by atoms with Crippen LogP contribution < -0.4 is 5.32 Å². The molecule has 0 amide bonds. The van der Waals surface area contributed by atoms with E-state index in [1.54, 1.807) is 4.68 Å². The van der Waals surface area contributed by atoms with Crippen LogP contribution in [0.1, 0.15) is 12.1 Å². The molecule has 1 aromatic heterocycles. The van der Waals surface area contributed by atoms with Crippen LogP contribution >= 0.6 is 0 Å². The highest BCUT2D eigenvalue weighted by atomic mass is 16.5. The average Bonchev–Trinajstić information content (AvgIpc) is 2.45. The van der Waals surface area contributed by atoms with Gasteiger partial charge in [-0.05, 0) is 6.92 Å². The van der Waals surface area contributed by atoms with E-state index in [0.29, 0.717) is 13.0 Å². The number of ether oxygens (including phenoxy) is 1. The predicted molar refractivity (Wildman–Crippen MR) is 53.1 cm³/mol. The lowest BCUT2D eigenvalue weighted by molar-refractivity contribution is -0.140. The van der Waals surface area contributed by atoms with Crippen molar-refractivity contribution in [1.82, 2.24) is 9.78 Å². The van der Waals surface area contributed by atoms with E-state index in [1.165, 1.54) is 7.11 Å². The number of hydrogen-bond acceptors (Lipinski definition) is 4. The molecule has 1 rings (SSSR count). The van der Waals surface area contributed by atoms with Gasteiger partial charge in [0.25, 0.3) is 0 Å². The van der Waals surface area contributed by atoms with E-state index in [-0.39, 0.29) is 5.97 Å². The van der Waals surface area contributed by atoms with Crippen LogP contribution in [0, 0.1) is 6.92 Å². The van der Waals surface area contributed by atoms with Crippen LogP contribution in [-0.2, 0) is 16.6 Å². The van der Waals surface area contributed by atoms with Crippen molar-refractivity contribution in [2.45, 2.75) is 13.3 Å². The van der Waals surface area contributed by atoms with Crippen molar-refractivity contribution < 1.29 is 9.53 Å². The third-order valence-electron chi connectivity index (χ3n) is 1.89. The van der Waals surface area contributed by atoms with Crippen LogP contribution in [0.15, 0.2) is 6.20 Å². The largest absolute Gasteiger partial charge is 0.469 e. The third-order valence-corrected chi connectivity index (χ3v) is 1.89. The lowest BCUT2D eigenvalue weighted by Gasteiger charge is -2.02. The highest BCUT2D eigenvalue weighted by molar-refractivity contribution is 5.69. The molecule has 0 aliphatic heterocycles. The number of anilines is 1. The Morgan fingerprint density at radius 2 is 2.43 bits per heavy atom. The minimum atomic E-state index is -0.209. The fourth-order valence-electron chi connectivity index (χ4n) is 1.17. The standard InChI is InChI=1S/C9H15N3O2/c1-7-8(6-12(2)11-7)10-5-4-9(13)14-3/h6,10H,4-5H2,1-3H3. The summed E-state index contributed by atoms with van der Waals surface area (Å²) in [5.41, 5.74) is 1.88. The summed E-state index contributed by atoms with van der Waals surface area (Å²) in [5, 5.41) is 7.28. The third kappa shape index (κ3) is 2.76. The number of aromatic nitrogens is 2. The minimum absolute atomic E-state index is 0.209. The smallest absolute Gasteiger partial charge is 0.307 e. The number of methoxy groups -OCH3 is 1. The molecule has 0 atom stereocenters. The Labute approximate surface area is 83.1 Å². The number of aryl methyl sites for hydroxylation is 2. The number of nitrogens with one attached hydrogen (secondary N) is 1. The first-order valence-electron chi connectivity index (χ1n) is 4.44. The molecule has 78 valence electrons. The highest BCUT2D eigenvalue weighted by Crippen LogP contribution is 2.10. The molecule has 0 unspecified atom stereocenters. The number of carbonyl (C=O) groups is 1. The molecule has 0 saturated heterocycles. The Bertz CT molecular complexity index is 320. The Hall–Kier alpha value is -1.52. The Morgan fingerprint density at radius 3 is 2.93 bits per heavy atom. The fraction of sp³-hybridized carbons (Fsp3) is 0.556. The van der Waals surface area contributed by atoms with Gasteiger partial charge in [0.2, 0.25) is 0 Å². The minimum Gasteiger partial charge on any atom is -0.469 e. The second-order valence-corrected chi connectivity index (χ2v) is 3.05. The summed E-state index contributed by atoms with van der Waals surface area (Å²) in [5.74, 6) is -0.209. The molecule has 0 bridgehead atoms. The number of hydrogen-bond donors (Lipinski definition) is 1. The second kappa shape index (κ2) is 4.64. The van der Waals surface area contributed by atoms with E-state index in [9.17, 15) is 4.79 Å². The Balaban J connectivity index is 2.38. The van der Waals surface area contributed by atoms with Crippen LogP contribution in [0.2, 0.25) is 0 Å². The maximum Gasteiger partial charge on any atom is 0.307 e. The van der Waals surface area contributed by atoms with Crippen LogP contribution in [0.25, 0.3) is 0 Å². The van der Waals surface area contributed by atoms with Gasteiger partial charge in [0, 0.05) is 19.8 Å². The van der Waals surface area contributed by atoms with E-state index in [0.717, 1.165) is 11.4 Å². The van der Waals surface area contributed by atoms with Crippen molar-refractivity contribution in [3.63, 3.8) is 0 Å². The molecule has 5 heteroatoms. The average molecular weight is 197 g/mol. The highest BCUT2D eigenvalue weighted by Gasteiger charge is 2.03. The Morgan fingerprint density at radius 1 is 1.71 bits per heavy atom. The van der Waals surface area contributed by atoms with Crippen LogP contribution in [0.3, 0.4) is 0 Å². The summed E-state index contributed by atoms with van der Waals surface area (Å²) in [6.45, 7) is 2.49. The molecule has 0 aliphatic carbocycles. The molecule has 5 nitrogen and oxygen atoms in total. The van der Waals surface area contributed by atoms with Gasteiger partial charge >= 0.3 is 5.97 Å². The van der Waals surface area contributed by atoms with Crippen molar-refractivity contribution in [2.75, 3.05) is 19.0 Å². The maximum atomic E-state index is 10.8. The summed E-state index contributed by atoms with van der Waals surface area (Å²) in [6.07, 6.45) is 2.25. The Kier molecular flexibility index (Phi) is 3.50. The summed E-state index contributed by atoms with van der Waals surface area (Å²) < 4.78 is 6.26. The van der Waals surface area contributed by atoms with Gasteiger partial charge in [-0.1, -0.05) is 0 Å². The van der Waals surface area contributed by atoms with Gasteiger partial charge in [0.15, 0.2) is 0 Å². The number of carbonyl (C=O) groups excluding carboxylic acids is 1. The summed E-state index contributed by atoms with van der Waals surface area (Å²) >= 11 is 0. The first-order valence-corrected chi connectivity index (χ1v) is 4.44. The van der Waals surface area contributed by atoms with Gasteiger partial charge < -0.3 is 10.1 Å². The number of esters is 1. The van der Waals surface area contributed by atoms with Crippen LogP contribution in [0.5, 0.6) is 0 Å². The van der Waals surface area contributed by atoms with E-state index in [2.05, 4.69) is 15.2 Å². The molecule has 0 aromatic carbocycles. The lowest BCUT2D eigenvalue weighted by atomic mass is 10.3. The lowest BCUT2D eigenvalue weighted by Crippen LogP contribution is -2.09. The SMILES string of the molecule is COC(=O)CCNc1cn(C)nc1C. The quantitative estimate of drug-likeness (QED) is 0.722. The van der Waals surface area contributed by atoms with Crippen molar-refractivity contribution in [1.29, 1.82) is 0 Å². The molecule has 1 aromatic rings. The maximum absolute atomic E-state index is 10.8. The van der Waals surface area contributed by atoms with E-state index in [4.69, 9.17) is 0 Å². The van der Waals surface area contributed by atoms with Gasteiger partial charge in [-0.25, -0.2) is 0 Å². The first kappa shape index (κ1) is 10.6. The van der Waals surface area contributed by atoms with E-state index in [1.807, 2.05) is 20.2 Å². The molecule has 0 fully saturated rings. The molecular formula is C9H15N3O2. The van der Waals surface area contributed by atoms with Crippen molar-refractivity contribution in [2.24, 2.45) is 7.05 Å². The van der Waals surface area contributed by atoms with Gasteiger partial charge in [-0.3, -0.25) is 9.48 Å². The van der Waals surface area contributed by atoms with Crippen LogP contribution in [0.4, 0.5) is 5.69 Å². The molecule has 14 heavy (non-hydrogen) atoms. The van der Waals surface area contributed by atoms with Gasteiger partial charge in [-0.15, -0.1) is 0 Å². The molecule has 0 radical (unpaired) electrons. The monoisotopic (exact) mass is 197 g/mol. The second-order valence-electron chi connectivity index (χ2n) is 3.05. The molecule has 1 heterocycles. The fourth-order valence-corrected chi connectivity index (χ4v) is 1.17. The molecule has 0 saturated carbocycles. The van der Waals surface area contributed by atoms with Crippen molar-refractivity contribution in [3.05, 3.63) is 11.9 Å². The first-order chi connectivity index (χ1) is 6.63.